The Morgan fingerprint density at radius 1 is 0.980 bits per heavy atom. The number of epoxide rings is 1. The highest BCUT2D eigenvalue weighted by Gasteiger charge is 2.90. The summed E-state index contributed by atoms with van der Waals surface area (Å²) < 4.78 is 33.7. The van der Waals surface area contributed by atoms with Crippen molar-refractivity contribution in [1.82, 2.24) is 0 Å². The highest BCUT2D eigenvalue weighted by atomic mass is 16.9. The van der Waals surface area contributed by atoms with Crippen molar-refractivity contribution in [1.29, 1.82) is 0 Å². The minimum atomic E-state index is -2.40. The van der Waals surface area contributed by atoms with Gasteiger partial charge in [0.2, 0.25) is 0 Å². The Bertz CT molecular complexity index is 1510. The summed E-state index contributed by atoms with van der Waals surface area (Å²) in [7, 11) is 0. The molecule has 7 rings (SSSR count). The van der Waals surface area contributed by atoms with Crippen molar-refractivity contribution in [3.05, 3.63) is 59.7 Å². The van der Waals surface area contributed by atoms with Crippen LogP contribution in [0.1, 0.15) is 97.5 Å². The van der Waals surface area contributed by atoms with Crippen molar-refractivity contribution in [2.45, 2.75) is 145 Å². The molecule has 1 aromatic carbocycles. The molecule has 3 aliphatic heterocycles. The molecule has 6 aliphatic rings. The SMILES string of the molecule is C=C(C)[C@@]12O[C@@]3(c4ccccc4)O[C@@H]1[C@@H]1[C@@H]4O[C@]4(CO)[C@@H](O)[C@]4(O)C(=O)C(C)=C[C@H]4[C@@]1(O3)[C@H](C)C2OC(=O)CCCCCCCCCCC. The molecule has 0 radical (unpaired) electrons. The molecule has 1 unspecified atom stereocenters. The summed E-state index contributed by atoms with van der Waals surface area (Å²) in [6.07, 6.45) is 7.38. The Morgan fingerprint density at radius 3 is 2.27 bits per heavy atom. The summed E-state index contributed by atoms with van der Waals surface area (Å²) in [6, 6.07) is 9.14. The molecule has 3 saturated heterocycles. The zero-order valence-electron chi connectivity index (χ0n) is 29.2. The van der Waals surface area contributed by atoms with Crippen LogP contribution in [0.2, 0.25) is 0 Å². The quantitative estimate of drug-likeness (QED) is 0.109. The lowest BCUT2D eigenvalue weighted by atomic mass is 9.53. The summed E-state index contributed by atoms with van der Waals surface area (Å²) in [5, 5.41) is 35.0. The van der Waals surface area contributed by atoms with Crippen LogP contribution in [-0.2, 0) is 39.2 Å². The lowest BCUT2D eigenvalue weighted by molar-refractivity contribution is -0.440. The highest BCUT2D eigenvalue weighted by molar-refractivity contribution is 6.05. The number of aliphatic hydroxyl groups is 3. The van der Waals surface area contributed by atoms with E-state index in [0.29, 0.717) is 17.6 Å². The van der Waals surface area contributed by atoms with Crippen LogP contribution in [-0.4, -0.2) is 80.5 Å². The van der Waals surface area contributed by atoms with Gasteiger partial charge in [0, 0.05) is 29.7 Å². The number of fused-ring (bicyclic) bond motifs is 3. The molecule has 0 aromatic heterocycles. The fourth-order valence-corrected chi connectivity index (χ4v) is 10.1. The third kappa shape index (κ3) is 4.70. The third-order valence-electron chi connectivity index (χ3n) is 12.6. The minimum Gasteiger partial charge on any atom is -0.458 e. The van der Waals surface area contributed by atoms with Crippen LogP contribution in [0.25, 0.3) is 0 Å². The smallest absolute Gasteiger partial charge is 0.314 e. The molecule has 0 amide bonds. The van der Waals surface area contributed by atoms with E-state index in [4.69, 9.17) is 23.7 Å². The molecular formula is C39H52O10. The molecule has 1 aromatic rings. The summed E-state index contributed by atoms with van der Waals surface area (Å²) in [5.41, 5.74) is -5.63. The summed E-state index contributed by atoms with van der Waals surface area (Å²) in [4.78, 5) is 27.6. The first kappa shape index (κ1) is 35.0. The monoisotopic (exact) mass is 680 g/mol. The summed E-state index contributed by atoms with van der Waals surface area (Å²) >= 11 is 0. The van der Waals surface area contributed by atoms with Gasteiger partial charge in [0.15, 0.2) is 17.0 Å². The van der Waals surface area contributed by atoms with E-state index in [1.54, 1.807) is 13.0 Å². The molecular weight excluding hydrogens is 628 g/mol. The maximum absolute atomic E-state index is 13.9. The van der Waals surface area contributed by atoms with Gasteiger partial charge in [0.05, 0.1) is 12.2 Å². The zero-order valence-corrected chi connectivity index (χ0v) is 29.2. The molecule has 268 valence electrons. The average molecular weight is 681 g/mol. The molecule has 2 saturated carbocycles. The molecule has 10 nitrogen and oxygen atoms in total. The number of Topliss-reactive ketones (excluding diaryl/α,β-unsaturated/α-hetero) is 1. The Balaban J connectivity index is 1.27. The number of hydrogen-bond acceptors (Lipinski definition) is 10. The van der Waals surface area contributed by atoms with E-state index in [1.807, 2.05) is 44.2 Å². The van der Waals surface area contributed by atoms with E-state index in [9.17, 15) is 24.9 Å². The van der Waals surface area contributed by atoms with E-state index in [1.165, 1.54) is 32.1 Å². The highest BCUT2D eigenvalue weighted by Crippen LogP contribution is 2.74. The van der Waals surface area contributed by atoms with E-state index in [-0.39, 0.29) is 18.0 Å². The number of ketones is 1. The van der Waals surface area contributed by atoms with Gasteiger partial charge in [-0.15, -0.1) is 0 Å². The fourth-order valence-electron chi connectivity index (χ4n) is 10.1. The zero-order chi connectivity index (χ0) is 35.0. The second-order valence-corrected chi connectivity index (χ2v) is 15.4. The van der Waals surface area contributed by atoms with Crippen LogP contribution >= 0.6 is 0 Å². The van der Waals surface area contributed by atoms with Gasteiger partial charge in [0.25, 0.3) is 0 Å². The number of esters is 1. The first-order valence-electron chi connectivity index (χ1n) is 18.3. The average Bonchev–Trinajstić information content (AvgIpc) is 3.71. The fraction of sp³-hybridized carbons (Fsp3) is 0.692. The number of aliphatic hydroxyl groups excluding tert-OH is 2. The Labute approximate surface area is 288 Å². The second kappa shape index (κ2) is 12.4. The van der Waals surface area contributed by atoms with Crippen LogP contribution in [0.4, 0.5) is 0 Å². The molecule has 3 heterocycles. The summed E-state index contributed by atoms with van der Waals surface area (Å²) in [5.74, 6) is -5.47. The van der Waals surface area contributed by atoms with E-state index >= 15 is 0 Å². The Morgan fingerprint density at radius 2 is 1.63 bits per heavy atom. The van der Waals surface area contributed by atoms with E-state index < -0.39 is 82.9 Å². The van der Waals surface area contributed by atoms with E-state index in [0.717, 1.165) is 19.3 Å². The van der Waals surface area contributed by atoms with Crippen LogP contribution in [0.15, 0.2) is 54.1 Å². The van der Waals surface area contributed by atoms with Gasteiger partial charge >= 0.3 is 11.9 Å². The molecule has 12 atom stereocenters. The molecule has 3 N–H and O–H groups in total. The molecule has 0 spiro atoms. The topological polar surface area (TPSA) is 144 Å². The number of rotatable bonds is 14. The van der Waals surface area contributed by atoms with Crippen LogP contribution < -0.4 is 0 Å². The van der Waals surface area contributed by atoms with Crippen LogP contribution in [0, 0.1) is 17.8 Å². The standard InChI is InChI=1S/C39H52O10/c1-6-7-8-9-10-11-12-13-17-20-28(41)45-31-25(5)38-27-21-24(4)30(42)36(27,44)34(43)35(22-40)32(46-35)29(38)33-37(31,23(2)3)48-39(47-33,49-38)26-18-15-14-16-19-26/h14-16,18-19,21,25,27,29,31-34,40,43-44H,2,6-13,17,20,22H2,1,3-5H3/t25-,27-,29+,31?,32+,33-,34-,35+,36-,37+,38+,39-/m1/s1. The summed E-state index contributed by atoms with van der Waals surface area (Å²) in [6.45, 7) is 11.2. The van der Waals surface area contributed by atoms with Gasteiger partial charge in [-0.1, -0.05) is 108 Å². The van der Waals surface area contributed by atoms with Crippen molar-refractivity contribution in [2.75, 3.05) is 6.61 Å². The first-order chi connectivity index (χ1) is 23.4. The first-order valence-corrected chi connectivity index (χ1v) is 18.3. The van der Waals surface area contributed by atoms with Crippen molar-refractivity contribution in [3.63, 3.8) is 0 Å². The van der Waals surface area contributed by atoms with Crippen LogP contribution in [0.5, 0.6) is 0 Å². The number of hydrogen-bond donors (Lipinski definition) is 3. The number of carbonyl (C=O) groups excluding carboxylic acids is 2. The number of unbranched alkanes of at least 4 members (excludes halogenated alkanes) is 8. The predicted octanol–water partition coefficient (Wildman–Crippen LogP) is 4.78. The normalized spacial score (nSPS) is 44.1. The lowest BCUT2D eigenvalue weighted by Gasteiger charge is -2.61. The molecule has 49 heavy (non-hydrogen) atoms. The molecule has 3 bridgehead atoms. The maximum Gasteiger partial charge on any atom is 0.314 e. The van der Waals surface area contributed by atoms with E-state index in [2.05, 4.69) is 13.5 Å². The van der Waals surface area contributed by atoms with Gasteiger partial charge in [-0.3, -0.25) is 9.59 Å². The van der Waals surface area contributed by atoms with Crippen LogP contribution in [0.3, 0.4) is 0 Å². The number of carbonyl (C=O) groups is 2. The largest absolute Gasteiger partial charge is 0.458 e. The number of benzene rings is 1. The van der Waals surface area contributed by atoms with Gasteiger partial charge in [-0.25, -0.2) is 0 Å². The van der Waals surface area contributed by atoms with Crippen molar-refractivity contribution in [2.24, 2.45) is 17.8 Å². The maximum atomic E-state index is 13.9. The predicted molar refractivity (Wildman–Crippen MR) is 178 cm³/mol. The van der Waals surface area contributed by atoms with Gasteiger partial charge in [-0.05, 0) is 31.4 Å². The molecule has 3 aliphatic carbocycles. The van der Waals surface area contributed by atoms with Crippen molar-refractivity contribution in [3.8, 4) is 0 Å². The number of ether oxygens (including phenoxy) is 5. The second-order valence-electron chi connectivity index (χ2n) is 15.4. The lowest BCUT2D eigenvalue weighted by Crippen LogP contribution is -2.76. The third-order valence-corrected chi connectivity index (χ3v) is 12.6. The minimum absolute atomic E-state index is 0.223. The van der Waals surface area contributed by atoms with Crippen molar-refractivity contribution >= 4 is 11.8 Å². The van der Waals surface area contributed by atoms with Gasteiger partial charge in [0.1, 0.15) is 30.0 Å². The van der Waals surface area contributed by atoms with Gasteiger partial charge < -0.3 is 39.0 Å². The molecule has 5 fully saturated rings. The molecule has 10 heteroatoms. The Hall–Kier alpha value is -2.44. The Kier molecular flexibility index (Phi) is 8.82. The van der Waals surface area contributed by atoms with Crippen molar-refractivity contribution < 1.29 is 48.6 Å². The van der Waals surface area contributed by atoms with Gasteiger partial charge in [-0.2, -0.15) is 0 Å².